The third kappa shape index (κ3) is 30.5. The Labute approximate surface area is 308 Å². The van der Waals surface area contributed by atoms with Crippen LogP contribution in [0.25, 0.3) is 0 Å². The number of carbonyl (C=O) groups is 6. The summed E-state index contributed by atoms with van der Waals surface area (Å²) in [6.07, 6.45) is 0.876. The standard InChI is InChI=1S/C17H27FN2O5.C9H15BrFNO2.C8H13NO3/c1-7-24-15(22)14(19-6)13(11(2)21)10-12(18)8-9-20-16(23)25-17(3,4)5;1-9(2,3)14-8(13)12-5-4-7(11)6-10;1-4-12-8(11)7(9-3)5-6(2)10/h8,13H,7,9-10H2,1-6H3,(H,20,23);4H,5-6H2,1-3H3,(H,12,13);4-5H2,1-3H3/b12-8-,19-14?;7-4-;. The maximum Gasteiger partial charge on any atom is 0.407 e. The smallest absolute Gasteiger partial charge is 0.407 e. The van der Waals surface area contributed by atoms with Crippen molar-refractivity contribution < 1.29 is 56.5 Å². The SMILES string of the molecule is CC(C)(C)OC(=O)NC/C=C(\F)CBr.CCOC(=O)C(=NC)C(C/C(F)=C/CNC(=O)OC(C)(C)C)C(C)=O.CCOC(=O)C(CC(C)=O)=NC. The van der Waals surface area contributed by atoms with Gasteiger partial charge in [-0.25, -0.2) is 28.0 Å². The van der Waals surface area contributed by atoms with E-state index in [0.29, 0.717) is 6.61 Å². The lowest BCUT2D eigenvalue weighted by atomic mass is 9.94. The van der Waals surface area contributed by atoms with E-state index >= 15 is 0 Å². The first kappa shape index (κ1) is 51.4. The predicted octanol–water partition coefficient (Wildman–Crippen LogP) is 5.95. The summed E-state index contributed by atoms with van der Waals surface area (Å²) in [6, 6.07) is 0. The first-order valence-corrected chi connectivity index (χ1v) is 17.1. The van der Waals surface area contributed by atoms with Gasteiger partial charge in [0.25, 0.3) is 0 Å². The highest BCUT2D eigenvalue weighted by atomic mass is 79.9. The number of nitrogens with one attached hydrogen (secondary N) is 2. The first-order chi connectivity index (χ1) is 23.5. The molecule has 0 radical (unpaired) electrons. The van der Waals surface area contributed by atoms with E-state index in [2.05, 4.69) is 41.3 Å². The molecule has 0 heterocycles. The van der Waals surface area contributed by atoms with Crippen LogP contribution >= 0.6 is 15.9 Å². The van der Waals surface area contributed by atoms with Crippen LogP contribution in [-0.2, 0) is 38.1 Å². The monoisotopic (exact) mass is 796 g/mol. The second-order valence-electron chi connectivity index (χ2n) is 12.2. The van der Waals surface area contributed by atoms with Gasteiger partial charge in [0.15, 0.2) is 0 Å². The van der Waals surface area contributed by atoms with Gasteiger partial charge >= 0.3 is 24.1 Å². The molecule has 0 aliphatic rings. The van der Waals surface area contributed by atoms with Gasteiger partial charge in [0.1, 0.15) is 40.0 Å². The molecule has 292 valence electrons. The minimum atomic E-state index is -1.04. The van der Waals surface area contributed by atoms with E-state index in [1.54, 1.807) is 55.4 Å². The van der Waals surface area contributed by atoms with Gasteiger partial charge in [-0.1, -0.05) is 15.9 Å². The lowest BCUT2D eigenvalue weighted by molar-refractivity contribution is -0.136. The summed E-state index contributed by atoms with van der Waals surface area (Å²) >= 11 is 2.94. The van der Waals surface area contributed by atoms with Crippen LogP contribution in [0.15, 0.2) is 33.8 Å². The van der Waals surface area contributed by atoms with Gasteiger partial charge in [-0.2, -0.15) is 0 Å². The van der Waals surface area contributed by atoms with Crippen molar-refractivity contribution >= 4 is 63.0 Å². The van der Waals surface area contributed by atoms with E-state index in [-0.39, 0.29) is 60.9 Å². The Morgan fingerprint density at radius 3 is 1.51 bits per heavy atom. The number of amides is 2. The van der Waals surface area contributed by atoms with Crippen molar-refractivity contribution in [2.24, 2.45) is 15.9 Å². The Morgan fingerprint density at radius 2 is 1.18 bits per heavy atom. The average Bonchev–Trinajstić information content (AvgIpc) is 2.98. The van der Waals surface area contributed by atoms with Gasteiger partial charge < -0.3 is 29.6 Å². The number of allylic oxidation sites excluding steroid dienone is 2. The maximum absolute atomic E-state index is 14.1. The Kier molecular flexibility index (Phi) is 27.9. The number of aliphatic imine (C=N–C) groups is 2. The number of esters is 2. The van der Waals surface area contributed by atoms with Crippen LogP contribution in [0.4, 0.5) is 18.4 Å². The average molecular weight is 798 g/mol. The zero-order valence-electron chi connectivity index (χ0n) is 31.8. The third-order valence-corrected chi connectivity index (χ3v) is 5.74. The molecular formula is C34H55BrF2N4O10. The molecule has 0 saturated carbocycles. The van der Waals surface area contributed by atoms with Crippen LogP contribution in [0, 0.1) is 5.92 Å². The number of nitrogens with zero attached hydrogens (tertiary/aromatic N) is 2. The van der Waals surface area contributed by atoms with Crippen LogP contribution in [0.2, 0.25) is 0 Å². The number of carbonyl (C=O) groups excluding carboxylic acids is 6. The topological polar surface area (TPSA) is 188 Å². The van der Waals surface area contributed by atoms with Crippen LogP contribution in [0.3, 0.4) is 0 Å². The summed E-state index contributed by atoms with van der Waals surface area (Å²) in [7, 11) is 2.81. The molecule has 0 spiro atoms. The molecule has 1 atom stereocenters. The molecule has 0 rings (SSSR count). The molecule has 0 saturated heterocycles. The van der Waals surface area contributed by atoms with Gasteiger partial charge in [-0.05, 0) is 81.4 Å². The lowest BCUT2D eigenvalue weighted by Crippen LogP contribution is -2.33. The quantitative estimate of drug-likeness (QED) is 0.0867. The molecule has 0 aliphatic heterocycles. The normalized spacial score (nSPS) is 12.8. The van der Waals surface area contributed by atoms with E-state index in [4.69, 9.17) is 14.2 Å². The predicted molar refractivity (Wildman–Crippen MR) is 195 cm³/mol. The summed E-state index contributed by atoms with van der Waals surface area (Å²) < 4.78 is 46.1. The molecule has 0 fully saturated rings. The number of ketones is 2. The van der Waals surface area contributed by atoms with E-state index in [1.165, 1.54) is 34.0 Å². The van der Waals surface area contributed by atoms with Crippen LogP contribution in [0.5, 0.6) is 0 Å². The minimum absolute atomic E-state index is 0.0509. The van der Waals surface area contributed by atoms with Crippen molar-refractivity contribution in [1.29, 1.82) is 0 Å². The van der Waals surface area contributed by atoms with Gasteiger partial charge in [0, 0.05) is 33.6 Å². The summed E-state index contributed by atoms with van der Waals surface area (Å²) in [5.41, 5.74) is -1.12. The first-order valence-electron chi connectivity index (χ1n) is 15.9. The second-order valence-corrected chi connectivity index (χ2v) is 12.7. The molecule has 0 aromatic heterocycles. The Hall–Kier alpha value is -4.02. The van der Waals surface area contributed by atoms with E-state index in [1.807, 2.05) is 0 Å². The van der Waals surface area contributed by atoms with E-state index in [0.717, 1.165) is 6.08 Å². The summed E-state index contributed by atoms with van der Waals surface area (Å²) in [6.45, 7) is 16.9. The number of hydrogen-bond donors (Lipinski definition) is 2. The third-order valence-electron chi connectivity index (χ3n) is 5.21. The van der Waals surface area contributed by atoms with Crippen molar-refractivity contribution in [3.05, 3.63) is 23.8 Å². The van der Waals surface area contributed by atoms with Gasteiger partial charge in [-0.3, -0.25) is 19.6 Å². The Bertz CT molecular complexity index is 1270. The van der Waals surface area contributed by atoms with Crippen LogP contribution in [-0.4, -0.2) is 104 Å². The van der Waals surface area contributed by atoms with Gasteiger partial charge in [0.05, 0.1) is 36.7 Å². The molecule has 2 amide bonds. The van der Waals surface area contributed by atoms with E-state index in [9.17, 15) is 37.5 Å². The summed E-state index contributed by atoms with van der Waals surface area (Å²) in [5, 5.41) is 4.94. The van der Waals surface area contributed by atoms with Crippen molar-refractivity contribution in [3.63, 3.8) is 0 Å². The lowest BCUT2D eigenvalue weighted by Gasteiger charge is -2.19. The zero-order chi connectivity index (χ0) is 40.4. The maximum atomic E-state index is 14.1. The second kappa shape index (κ2) is 27.7. The number of hydrogen-bond acceptors (Lipinski definition) is 12. The molecule has 1 unspecified atom stereocenters. The number of alkyl carbamates (subject to hydrolysis) is 2. The van der Waals surface area contributed by atoms with Gasteiger partial charge in [-0.15, -0.1) is 0 Å². The number of rotatable bonds is 15. The molecule has 0 aromatic carbocycles. The number of Topliss-reactive ketones (excluding diaryl/α,β-unsaturated/α-hetero) is 2. The Balaban J connectivity index is -0.000000747. The van der Waals surface area contributed by atoms with Crippen molar-refractivity contribution in [1.82, 2.24) is 10.6 Å². The highest BCUT2D eigenvalue weighted by Crippen LogP contribution is 2.17. The molecule has 51 heavy (non-hydrogen) atoms. The fraction of sp³-hybridized carbons (Fsp3) is 0.647. The highest BCUT2D eigenvalue weighted by Gasteiger charge is 2.28. The molecule has 0 aromatic rings. The number of halogens is 3. The fourth-order valence-corrected chi connectivity index (χ4v) is 3.40. The van der Waals surface area contributed by atoms with Crippen molar-refractivity contribution in [2.75, 3.05) is 45.7 Å². The molecule has 2 N–H and O–H groups in total. The molecule has 14 nitrogen and oxygen atoms in total. The van der Waals surface area contributed by atoms with Crippen molar-refractivity contribution in [3.8, 4) is 0 Å². The Morgan fingerprint density at radius 1 is 0.745 bits per heavy atom. The number of ether oxygens (including phenoxy) is 4. The van der Waals surface area contributed by atoms with Crippen molar-refractivity contribution in [2.45, 2.75) is 93.3 Å². The fourth-order valence-electron chi connectivity index (χ4n) is 3.17. The van der Waals surface area contributed by atoms with E-state index < -0.39 is 52.9 Å². The van der Waals surface area contributed by atoms with Crippen LogP contribution in [0.1, 0.15) is 82.1 Å². The molecule has 0 aliphatic carbocycles. The zero-order valence-corrected chi connectivity index (χ0v) is 33.4. The molecule has 17 heteroatoms. The minimum Gasteiger partial charge on any atom is -0.462 e. The summed E-state index contributed by atoms with van der Waals surface area (Å²) in [5.74, 6) is -3.76. The van der Waals surface area contributed by atoms with Crippen LogP contribution < -0.4 is 10.6 Å². The summed E-state index contributed by atoms with van der Waals surface area (Å²) in [4.78, 5) is 75.1. The largest absolute Gasteiger partial charge is 0.462 e. The molecular weight excluding hydrogens is 742 g/mol. The highest BCUT2D eigenvalue weighted by molar-refractivity contribution is 9.09. The van der Waals surface area contributed by atoms with Gasteiger partial charge in [0.2, 0.25) is 0 Å². The molecule has 0 bridgehead atoms. The number of alkyl halides is 1.